The summed E-state index contributed by atoms with van der Waals surface area (Å²) in [5.41, 5.74) is 3.59. The summed E-state index contributed by atoms with van der Waals surface area (Å²) in [6.07, 6.45) is 5.70. The molecule has 4 aliphatic rings. The number of aromatic nitrogens is 1. The maximum Gasteiger partial charge on any atom is 0.308 e. The predicted octanol–water partition coefficient (Wildman–Crippen LogP) is 6.26. The molecule has 3 atom stereocenters. The highest BCUT2D eigenvalue weighted by atomic mass is 35.5. The molecule has 1 aliphatic heterocycles. The monoisotopic (exact) mass is 672 g/mol. The number of carbonyl (C=O) groups is 2. The minimum absolute atomic E-state index is 0.0924. The molecule has 1 saturated heterocycles. The number of benzene rings is 2. The molecule has 7 rings (SSSR count). The molecule has 0 amide bonds. The molecule has 3 saturated carbocycles. The lowest BCUT2D eigenvalue weighted by atomic mass is 10.0. The van der Waals surface area contributed by atoms with E-state index in [4.69, 9.17) is 37.2 Å². The van der Waals surface area contributed by atoms with Crippen molar-refractivity contribution in [1.82, 2.24) is 5.16 Å². The molecule has 45 heavy (non-hydrogen) atoms. The molecule has 2 aromatic carbocycles. The average Bonchev–Trinajstić information content (AvgIpc) is 3.93. The van der Waals surface area contributed by atoms with Crippen LogP contribution in [0.25, 0.3) is 11.3 Å². The Labute approximate surface area is 272 Å². The summed E-state index contributed by atoms with van der Waals surface area (Å²) in [7, 11) is -3.69. The van der Waals surface area contributed by atoms with Crippen LogP contribution in [0, 0.1) is 11.8 Å². The highest BCUT2D eigenvalue weighted by molar-refractivity contribution is 7.92. The van der Waals surface area contributed by atoms with Crippen molar-refractivity contribution in [3.8, 4) is 11.3 Å². The molecule has 2 heterocycles. The van der Waals surface area contributed by atoms with Gasteiger partial charge in [-0.1, -0.05) is 34.4 Å². The Hall–Kier alpha value is -2.92. The smallest absolute Gasteiger partial charge is 0.308 e. The molecule has 0 N–H and O–H groups in total. The summed E-state index contributed by atoms with van der Waals surface area (Å²) in [5, 5.41) is 5.42. The second-order valence-corrected chi connectivity index (χ2v) is 15.6. The van der Waals surface area contributed by atoms with Crippen molar-refractivity contribution >= 4 is 50.5 Å². The van der Waals surface area contributed by atoms with Crippen molar-refractivity contribution in [3.63, 3.8) is 0 Å². The zero-order valence-electron chi connectivity index (χ0n) is 24.6. The number of hydrogen-bond donors (Lipinski definition) is 0. The van der Waals surface area contributed by atoms with Crippen LogP contribution < -0.4 is 4.90 Å². The number of carbonyl (C=O) groups excluding carboxylic acids is 2. The van der Waals surface area contributed by atoms with Crippen LogP contribution in [0.5, 0.6) is 0 Å². The molecule has 3 aliphatic carbocycles. The van der Waals surface area contributed by atoms with E-state index in [2.05, 4.69) is 10.1 Å². The van der Waals surface area contributed by atoms with E-state index in [0.29, 0.717) is 51.4 Å². The molecule has 12 heteroatoms. The number of sulfone groups is 1. The van der Waals surface area contributed by atoms with Gasteiger partial charge in [-0.25, -0.2) is 8.42 Å². The van der Waals surface area contributed by atoms with Gasteiger partial charge in [-0.15, -0.1) is 0 Å². The van der Waals surface area contributed by atoms with Gasteiger partial charge in [-0.2, -0.15) is 0 Å². The van der Waals surface area contributed by atoms with Gasteiger partial charge in [-0.3, -0.25) is 9.59 Å². The Morgan fingerprint density at radius 1 is 1.00 bits per heavy atom. The summed E-state index contributed by atoms with van der Waals surface area (Å²) in [5.74, 6) is -0.311. The topological polar surface area (TPSA) is 116 Å². The van der Waals surface area contributed by atoms with Gasteiger partial charge in [0.1, 0.15) is 23.8 Å². The lowest BCUT2D eigenvalue weighted by Gasteiger charge is -2.33. The molecule has 9 nitrogen and oxygen atoms in total. The first-order valence-corrected chi connectivity index (χ1v) is 18.1. The Bertz CT molecular complexity index is 1700. The number of Topliss-reactive ketones (excluding diaryl/α,β-unsaturated/α-hetero) is 1. The van der Waals surface area contributed by atoms with Crippen molar-refractivity contribution in [2.24, 2.45) is 11.8 Å². The second-order valence-electron chi connectivity index (χ2n) is 12.6. The van der Waals surface area contributed by atoms with Gasteiger partial charge < -0.3 is 18.9 Å². The molecule has 3 aromatic rings. The first-order chi connectivity index (χ1) is 21.7. The minimum Gasteiger partial charge on any atom is -0.464 e. The fourth-order valence-corrected chi connectivity index (χ4v) is 8.19. The van der Waals surface area contributed by atoms with Gasteiger partial charge >= 0.3 is 5.97 Å². The Balaban J connectivity index is 0.943. The summed E-state index contributed by atoms with van der Waals surface area (Å²) in [4.78, 5) is 26.7. The SMILES string of the molecule is O=C(CS(=O)(=O)CCOC(=O)C1CC1)c1ccc(N2C[C@@H]3C[C@H]2C[C@H]3OCc2c(-c3c(Cl)cccc3Cl)noc2C2CC2)cc1. The van der Waals surface area contributed by atoms with Gasteiger partial charge in [0.2, 0.25) is 0 Å². The second kappa shape index (κ2) is 12.4. The third-order valence-electron chi connectivity index (χ3n) is 9.31. The van der Waals surface area contributed by atoms with Crippen molar-refractivity contribution in [2.45, 2.75) is 63.2 Å². The fourth-order valence-electron chi connectivity index (χ4n) is 6.57. The lowest BCUT2D eigenvalue weighted by Crippen LogP contribution is -2.38. The van der Waals surface area contributed by atoms with E-state index in [9.17, 15) is 18.0 Å². The summed E-state index contributed by atoms with van der Waals surface area (Å²) < 4.78 is 42.2. The van der Waals surface area contributed by atoms with Crippen LogP contribution in [0.3, 0.4) is 0 Å². The lowest BCUT2D eigenvalue weighted by molar-refractivity contribution is -0.144. The third-order valence-corrected chi connectivity index (χ3v) is 11.4. The van der Waals surface area contributed by atoms with Crippen molar-refractivity contribution in [3.05, 3.63) is 69.4 Å². The molecular weight excluding hydrogens is 639 g/mol. The number of fused-ring (bicyclic) bond motifs is 2. The zero-order chi connectivity index (χ0) is 31.3. The van der Waals surface area contributed by atoms with Crippen molar-refractivity contribution < 1.29 is 32.0 Å². The molecule has 4 fully saturated rings. The maximum atomic E-state index is 12.7. The molecular formula is C33H34Cl2N2O7S. The van der Waals surface area contributed by atoms with Gasteiger partial charge in [0, 0.05) is 46.8 Å². The van der Waals surface area contributed by atoms with E-state index < -0.39 is 21.4 Å². The zero-order valence-corrected chi connectivity index (χ0v) is 27.0. The van der Waals surface area contributed by atoms with E-state index in [1.54, 1.807) is 24.3 Å². The van der Waals surface area contributed by atoms with E-state index in [-0.39, 0.29) is 30.4 Å². The van der Waals surface area contributed by atoms with Crippen LogP contribution in [0.2, 0.25) is 10.0 Å². The molecule has 0 radical (unpaired) electrons. The highest BCUT2D eigenvalue weighted by Crippen LogP contribution is 2.47. The largest absolute Gasteiger partial charge is 0.464 e. The van der Waals surface area contributed by atoms with Crippen LogP contribution in [0.1, 0.15) is 66.1 Å². The number of anilines is 1. The number of ether oxygens (including phenoxy) is 2. The molecule has 0 spiro atoms. The van der Waals surface area contributed by atoms with Gasteiger partial charge in [0.15, 0.2) is 15.6 Å². The third kappa shape index (κ3) is 6.66. The number of nitrogens with zero attached hydrogens (tertiary/aromatic N) is 2. The van der Waals surface area contributed by atoms with Crippen LogP contribution in [0.4, 0.5) is 5.69 Å². The van der Waals surface area contributed by atoms with Crippen LogP contribution in [0.15, 0.2) is 47.0 Å². The average molecular weight is 674 g/mol. The standard InChI is InChI=1S/C33H34Cl2N2O7S/c34-26-2-1-3-27(35)30(26)31-25(32(44-36-31)20-4-5-20)17-43-29-15-24-14-22(29)16-37(24)23-10-8-19(9-11-23)28(38)18-45(40,41)13-12-42-33(39)21-6-7-21/h1-3,8-11,20-22,24,29H,4-7,12-18H2/t22-,24-,29+/m0/s1. The number of ketones is 1. The number of halogens is 2. The maximum absolute atomic E-state index is 12.7. The van der Waals surface area contributed by atoms with Crippen LogP contribution in [-0.2, 0) is 30.7 Å². The van der Waals surface area contributed by atoms with Crippen molar-refractivity contribution in [2.75, 3.05) is 29.6 Å². The number of hydrogen-bond acceptors (Lipinski definition) is 9. The van der Waals surface area contributed by atoms with E-state index in [0.717, 1.165) is 62.1 Å². The van der Waals surface area contributed by atoms with E-state index in [1.165, 1.54) is 0 Å². The van der Waals surface area contributed by atoms with Gasteiger partial charge in [0.05, 0.1) is 34.4 Å². The normalized spacial score (nSPS) is 22.6. The van der Waals surface area contributed by atoms with E-state index >= 15 is 0 Å². The molecule has 238 valence electrons. The number of esters is 1. The molecule has 2 bridgehead atoms. The minimum atomic E-state index is -3.69. The Morgan fingerprint density at radius 2 is 1.73 bits per heavy atom. The highest BCUT2D eigenvalue weighted by Gasteiger charge is 2.46. The van der Waals surface area contributed by atoms with Gasteiger partial charge in [0.25, 0.3) is 0 Å². The summed E-state index contributed by atoms with van der Waals surface area (Å²) in [6.45, 7) is 0.991. The Morgan fingerprint density at radius 3 is 2.38 bits per heavy atom. The summed E-state index contributed by atoms with van der Waals surface area (Å²) >= 11 is 13.0. The summed E-state index contributed by atoms with van der Waals surface area (Å²) in [6, 6.07) is 12.8. The first-order valence-electron chi connectivity index (χ1n) is 15.5. The van der Waals surface area contributed by atoms with E-state index in [1.807, 2.05) is 18.2 Å². The molecule has 0 unspecified atom stereocenters. The number of piperidine rings is 1. The fraction of sp³-hybridized carbons (Fsp3) is 0.485. The van der Waals surface area contributed by atoms with Crippen molar-refractivity contribution in [1.29, 1.82) is 0 Å². The number of rotatable bonds is 13. The first kappa shape index (κ1) is 30.7. The predicted molar refractivity (Wildman–Crippen MR) is 169 cm³/mol. The van der Waals surface area contributed by atoms with Crippen LogP contribution in [-0.4, -0.2) is 62.1 Å². The molecule has 1 aromatic heterocycles. The quantitative estimate of drug-likeness (QED) is 0.153. The Kier molecular flexibility index (Phi) is 8.43. The van der Waals surface area contributed by atoms with Crippen LogP contribution >= 0.6 is 23.2 Å². The van der Waals surface area contributed by atoms with Gasteiger partial charge in [-0.05, 0) is 74.9 Å².